The minimum absolute atomic E-state index is 0.276. The van der Waals surface area contributed by atoms with Gasteiger partial charge < -0.3 is 5.21 Å². The van der Waals surface area contributed by atoms with E-state index in [4.69, 9.17) is 0 Å². The summed E-state index contributed by atoms with van der Waals surface area (Å²) in [5.74, 6) is -0.859. The van der Waals surface area contributed by atoms with Crippen LogP contribution in [0.3, 0.4) is 0 Å². The largest absolute Gasteiger partial charge is 0.428 e. The van der Waals surface area contributed by atoms with Gasteiger partial charge in [-0.3, -0.25) is 14.9 Å². The number of hydrogen-bond donors (Lipinski definition) is 2. The van der Waals surface area contributed by atoms with Crippen molar-refractivity contribution in [2.45, 2.75) is 6.92 Å². The van der Waals surface area contributed by atoms with Crippen molar-refractivity contribution < 1.29 is 14.8 Å². The highest BCUT2D eigenvalue weighted by Crippen LogP contribution is 2.38. The molecule has 6 heteroatoms. The molecular formula is C17H11BrN2O3. The number of halogens is 1. The molecule has 1 aliphatic rings. The number of benzene rings is 2. The molecular weight excluding hydrogens is 360 g/mol. The van der Waals surface area contributed by atoms with Gasteiger partial charge in [0.2, 0.25) is 0 Å². The van der Waals surface area contributed by atoms with E-state index in [1.807, 2.05) is 31.2 Å². The van der Waals surface area contributed by atoms with Crippen LogP contribution >= 0.6 is 15.9 Å². The van der Waals surface area contributed by atoms with Crippen LogP contribution in [0.2, 0.25) is 0 Å². The SMILES string of the molecule is Cc1ccc(-c2c(Br)c3cc4c(cc3n2O)C(=O)NC4=O)cc1. The summed E-state index contributed by atoms with van der Waals surface area (Å²) in [6.07, 6.45) is 0. The number of imide groups is 1. The van der Waals surface area contributed by atoms with E-state index in [1.54, 1.807) is 6.07 Å². The van der Waals surface area contributed by atoms with E-state index in [2.05, 4.69) is 21.2 Å². The van der Waals surface area contributed by atoms with Gasteiger partial charge in [-0.15, -0.1) is 0 Å². The smallest absolute Gasteiger partial charge is 0.259 e. The molecule has 0 aliphatic carbocycles. The quantitative estimate of drug-likeness (QED) is 0.508. The number of hydrogen-bond acceptors (Lipinski definition) is 3. The molecule has 1 aliphatic heterocycles. The first-order valence-corrected chi connectivity index (χ1v) is 7.76. The predicted molar refractivity (Wildman–Crippen MR) is 88.8 cm³/mol. The Balaban J connectivity index is 2.03. The van der Waals surface area contributed by atoms with Gasteiger partial charge in [0, 0.05) is 10.9 Å². The molecule has 3 aromatic rings. The molecule has 2 N–H and O–H groups in total. The molecule has 0 fully saturated rings. The second kappa shape index (κ2) is 4.70. The molecule has 0 atom stereocenters. The lowest BCUT2D eigenvalue weighted by Gasteiger charge is -2.04. The average molecular weight is 371 g/mol. The molecule has 23 heavy (non-hydrogen) atoms. The maximum absolute atomic E-state index is 11.8. The first kappa shape index (κ1) is 14.0. The lowest BCUT2D eigenvalue weighted by atomic mass is 10.1. The Morgan fingerprint density at radius 3 is 2.30 bits per heavy atom. The van der Waals surface area contributed by atoms with Gasteiger partial charge in [-0.2, -0.15) is 4.73 Å². The lowest BCUT2D eigenvalue weighted by molar-refractivity contribution is 0.0879. The molecule has 2 heterocycles. The highest BCUT2D eigenvalue weighted by Gasteiger charge is 2.29. The van der Waals surface area contributed by atoms with E-state index < -0.39 is 11.8 Å². The summed E-state index contributed by atoms with van der Waals surface area (Å²) in [4.78, 5) is 23.6. The van der Waals surface area contributed by atoms with Crippen molar-refractivity contribution >= 4 is 38.6 Å². The zero-order chi connectivity index (χ0) is 16.3. The van der Waals surface area contributed by atoms with E-state index in [0.717, 1.165) is 15.9 Å². The summed E-state index contributed by atoms with van der Waals surface area (Å²) in [6, 6.07) is 10.9. The third-order valence-electron chi connectivity index (χ3n) is 4.06. The van der Waals surface area contributed by atoms with Crippen LogP contribution in [0.25, 0.3) is 22.2 Å². The summed E-state index contributed by atoms with van der Waals surface area (Å²) < 4.78 is 1.72. The summed E-state index contributed by atoms with van der Waals surface area (Å²) in [5, 5.41) is 13.5. The Bertz CT molecular complexity index is 946. The topological polar surface area (TPSA) is 71.3 Å². The first-order chi connectivity index (χ1) is 11.0. The number of fused-ring (bicyclic) bond motifs is 2. The molecule has 0 unspecified atom stereocenters. The van der Waals surface area contributed by atoms with Gasteiger partial charge >= 0.3 is 0 Å². The van der Waals surface area contributed by atoms with Gasteiger partial charge in [-0.1, -0.05) is 29.8 Å². The minimum atomic E-state index is -0.443. The number of nitrogens with zero attached hydrogens (tertiary/aromatic N) is 1. The number of carbonyl (C=O) groups excluding carboxylic acids is 2. The van der Waals surface area contributed by atoms with Gasteiger partial charge in [0.1, 0.15) is 5.69 Å². The van der Waals surface area contributed by atoms with Crippen molar-refractivity contribution in [3.05, 3.63) is 57.6 Å². The van der Waals surface area contributed by atoms with Crippen LogP contribution in [0.15, 0.2) is 40.9 Å². The first-order valence-electron chi connectivity index (χ1n) is 6.97. The third-order valence-corrected chi connectivity index (χ3v) is 4.86. The fraction of sp³-hybridized carbons (Fsp3) is 0.0588. The van der Waals surface area contributed by atoms with Gasteiger partial charge in [0.15, 0.2) is 0 Å². The van der Waals surface area contributed by atoms with Crippen LogP contribution in [0.5, 0.6) is 0 Å². The van der Waals surface area contributed by atoms with Crippen molar-refractivity contribution in [1.29, 1.82) is 0 Å². The van der Waals surface area contributed by atoms with Crippen LogP contribution < -0.4 is 5.32 Å². The fourth-order valence-electron chi connectivity index (χ4n) is 2.85. The molecule has 0 saturated heterocycles. The summed E-state index contributed by atoms with van der Waals surface area (Å²) in [7, 11) is 0. The van der Waals surface area contributed by atoms with E-state index >= 15 is 0 Å². The Kier molecular flexibility index (Phi) is 2.86. The minimum Gasteiger partial charge on any atom is -0.428 e. The predicted octanol–water partition coefficient (Wildman–Crippen LogP) is 3.50. The van der Waals surface area contributed by atoms with Crippen molar-refractivity contribution in [2.24, 2.45) is 0 Å². The van der Waals surface area contributed by atoms with Gasteiger partial charge in [0.05, 0.1) is 21.1 Å². The van der Waals surface area contributed by atoms with E-state index in [9.17, 15) is 14.8 Å². The van der Waals surface area contributed by atoms with E-state index in [-0.39, 0.29) is 5.56 Å². The lowest BCUT2D eigenvalue weighted by Crippen LogP contribution is -2.19. The molecule has 0 radical (unpaired) electrons. The molecule has 0 saturated carbocycles. The zero-order valence-corrected chi connectivity index (χ0v) is 13.6. The molecule has 4 rings (SSSR count). The Hall–Kier alpha value is -2.60. The Morgan fingerprint density at radius 2 is 1.65 bits per heavy atom. The summed E-state index contributed by atoms with van der Waals surface area (Å²) in [6.45, 7) is 1.99. The highest BCUT2D eigenvalue weighted by atomic mass is 79.9. The fourth-order valence-corrected chi connectivity index (χ4v) is 3.57. The highest BCUT2D eigenvalue weighted by molar-refractivity contribution is 9.10. The average Bonchev–Trinajstić information content (AvgIpc) is 2.94. The monoisotopic (exact) mass is 370 g/mol. The van der Waals surface area contributed by atoms with Crippen molar-refractivity contribution in [3.63, 3.8) is 0 Å². The third kappa shape index (κ3) is 1.91. The van der Waals surface area contributed by atoms with Crippen LogP contribution in [0, 0.1) is 6.92 Å². The number of rotatable bonds is 1. The molecule has 114 valence electrons. The summed E-state index contributed by atoms with van der Waals surface area (Å²) >= 11 is 3.50. The molecule has 2 aromatic carbocycles. The van der Waals surface area contributed by atoms with E-state index in [0.29, 0.717) is 26.6 Å². The standard InChI is InChI=1S/C17H11BrN2O3/c1-8-2-4-9(5-3-8)15-14(18)12-6-10-11(7-13(12)20(15)23)17(22)19-16(10)21/h2-7,23H,1H3,(H,19,21,22). The maximum atomic E-state index is 11.8. The molecule has 2 amide bonds. The Morgan fingerprint density at radius 1 is 1.04 bits per heavy atom. The van der Waals surface area contributed by atoms with Gasteiger partial charge in [-0.25, -0.2) is 0 Å². The molecule has 0 bridgehead atoms. The molecule has 5 nitrogen and oxygen atoms in total. The molecule has 0 spiro atoms. The maximum Gasteiger partial charge on any atom is 0.259 e. The second-order valence-electron chi connectivity index (χ2n) is 5.54. The second-order valence-corrected chi connectivity index (χ2v) is 6.33. The van der Waals surface area contributed by atoms with Crippen molar-refractivity contribution in [2.75, 3.05) is 0 Å². The number of carbonyl (C=O) groups is 2. The van der Waals surface area contributed by atoms with E-state index in [1.165, 1.54) is 6.07 Å². The van der Waals surface area contributed by atoms with Crippen molar-refractivity contribution in [3.8, 4) is 11.3 Å². The van der Waals surface area contributed by atoms with Crippen LogP contribution in [0.4, 0.5) is 0 Å². The number of amides is 2. The number of nitrogens with one attached hydrogen (secondary N) is 1. The van der Waals surface area contributed by atoms with Crippen molar-refractivity contribution in [1.82, 2.24) is 10.0 Å². The van der Waals surface area contributed by atoms with Crippen LogP contribution in [-0.2, 0) is 0 Å². The molecule has 1 aromatic heterocycles. The van der Waals surface area contributed by atoms with Crippen LogP contribution in [-0.4, -0.2) is 21.8 Å². The van der Waals surface area contributed by atoms with Gasteiger partial charge in [0.25, 0.3) is 11.8 Å². The van der Waals surface area contributed by atoms with Crippen LogP contribution in [0.1, 0.15) is 26.3 Å². The normalized spacial score (nSPS) is 13.5. The summed E-state index contributed by atoms with van der Waals surface area (Å²) in [5.41, 5.74) is 3.60. The zero-order valence-electron chi connectivity index (χ0n) is 12.1. The Labute approximate surface area is 139 Å². The number of aryl methyl sites for hydroxylation is 1. The van der Waals surface area contributed by atoms with Gasteiger partial charge in [-0.05, 0) is 35.0 Å². The number of aromatic nitrogens is 1.